The number of nitrogens with zero attached hydrogens (tertiary/aromatic N) is 2. The van der Waals surface area contributed by atoms with Crippen LogP contribution in [-0.2, 0) is 33.5 Å². The van der Waals surface area contributed by atoms with Gasteiger partial charge in [0.25, 0.3) is 0 Å². The van der Waals surface area contributed by atoms with E-state index in [1.807, 2.05) is 66.7 Å². The SMILES string of the molecule is CCOC(=O)CC1c2ccc3c(c2)CN(CC3)S(=O)c2ccc(cc2)OC/C=C/CN(N)c2ccc1c(C)c2N. The minimum Gasteiger partial charge on any atom is -0.490 e. The Kier molecular flexibility index (Phi) is 8.54. The fourth-order valence-electron chi connectivity index (χ4n) is 5.36. The van der Waals surface area contributed by atoms with Crippen LogP contribution in [0.4, 0.5) is 11.4 Å². The second-order valence-corrected chi connectivity index (χ2v) is 11.6. The Morgan fingerprint density at radius 2 is 1.90 bits per heavy atom. The predicted molar refractivity (Wildman–Crippen MR) is 158 cm³/mol. The summed E-state index contributed by atoms with van der Waals surface area (Å²) in [5, 5.41) is 1.60. The molecule has 40 heavy (non-hydrogen) atoms. The van der Waals surface area contributed by atoms with Gasteiger partial charge in [0.1, 0.15) is 23.3 Å². The molecule has 4 N–H and O–H groups in total. The first-order valence-electron chi connectivity index (χ1n) is 13.6. The zero-order chi connectivity index (χ0) is 28.2. The van der Waals surface area contributed by atoms with E-state index < -0.39 is 11.0 Å². The average Bonchev–Trinajstić information content (AvgIpc) is 2.96. The predicted octanol–water partition coefficient (Wildman–Crippen LogP) is 4.37. The molecular weight excluding hydrogens is 524 g/mol. The van der Waals surface area contributed by atoms with E-state index in [9.17, 15) is 9.00 Å². The van der Waals surface area contributed by atoms with Crippen LogP contribution in [0.2, 0.25) is 0 Å². The zero-order valence-corrected chi connectivity index (χ0v) is 23.8. The van der Waals surface area contributed by atoms with E-state index in [1.165, 1.54) is 5.56 Å². The summed E-state index contributed by atoms with van der Waals surface area (Å²) in [5.74, 6) is 6.56. The highest BCUT2D eigenvalue weighted by molar-refractivity contribution is 7.82. The first kappa shape index (κ1) is 27.9. The molecule has 0 amide bonds. The summed E-state index contributed by atoms with van der Waals surface area (Å²) in [7, 11) is -1.31. The molecule has 3 unspecified atom stereocenters. The van der Waals surface area contributed by atoms with Crippen molar-refractivity contribution in [3.63, 3.8) is 0 Å². The summed E-state index contributed by atoms with van der Waals surface area (Å²) >= 11 is 0. The lowest BCUT2D eigenvalue weighted by molar-refractivity contribution is -0.143. The highest BCUT2D eigenvalue weighted by Crippen LogP contribution is 2.38. The third-order valence-corrected chi connectivity index (χ3v) is 9.04. The van der Waals surface area contributed by atoms with Crippen molar-refractivity contribution in [2.75, 3.05) is 37.0 Å². The van der Waals surface area contributed by atoms with Crippen LogP contribution in [0.15, 0.2) is 71.6 Å². The molecule has 0 fully saturated rings. The highest BCUT2D eigenvalue weighted by Gasteiger charge is 2.27. The number of rotatable bonds is 3. The molecule has 8 nitrogen and oxygen atoms in total. The number of anilines is 2. The molecule has 0 saturated carbocycles. The molecule has 3 aromatic rings. The van der Waals surface area contributed by atoms with E-state index in [1.54, 1.807) is 5.01 Å². The number of carbonyl (C=O) groups is 1. The van der Waals surface area contributed by atoms with Gasteiger partial charge >= 0.3 is 5.97 Å². The normalized spacial score (nSPS) is 21.5. The van der Waals surface area contributed by atoms with Crippen molar-refractivity contribution in [1.82, 2.24) is 4.31 Å². The van der Waals surface area contributed by atoms with E-state index in [0.29, 0.717) is 50.0 Å². The number of ether oxygens (including phenoxy) is 2. The fourth-order valence-corrected chi connectivity index (χ4v) is 6.54. The lowest BCUT2D eigenvalue weighted by atomic mass is 9.83. The Labute approximate surface area is 238 Å². The van der Waals surface area contributed by atoms with Crippen molar-refractivity contribution >= 4 is 28.3 Å². The number of carbonyl (C=O) groups excluding carboxylic acids is 1. The molecule has 5 heterocycles. The topological polar surface area (TPSA) is 111 Å². The number of hydrogen-bond acceptors (Lipinski definition) is 7. The van der Waals surface area contributed by atoms with Crippen LogP contribution in [0, 0.1) is 6.92 Å². The monoisotopic (exact) mass is 560 g/mol. The maximum atomic E-state index is 13.5. The molecule has 0 spiro atoms. The number of hydrazine groups is 1. The summed E-state index contributed by atoms with van der Waals surface area (Å²) in [6, 6.07) is 17.7. The van der Waals surface area contributed by atoms with Crippen LogP contribution in [0.1, 0.15) is 47.1 Å². The van der Waals surface area contributed by atoms with Crippen molar-refractivity contribution in [2.24, 2.45) is 5.84 Å². The summed E-state index contributed by atoms with van der Waals surface area (Å²) in [5.41, 5.74) is 13.1. The zero-order valence-electron chi connectivity index (χ0n) is 23.0. The van der Waals surface area contributed by atoms with Gasteiger partial charge in [0.15, 0.2) is 0 Å². The Hall–Kier alpha value is -3.66. The summed E-state index contributed by atoms with van der Waals surface area (Å²) in [4.78, 5) is 13.5. The summed E-state index contributed by atoms with van der Waals surface area (Å²) < 4.78 is 26.7. The molecule has 3 aromatic carbocycles. The third-order valence-electron chi connectivity index (χ3n) is 7.58. The lowest BCUT2D eigenvalue weighted by Crippen LogP contribution is -2.32. The average molecular weight is 561 g/mol. The van der Waals surface area contributed by atoms with E-state index in [-0.39, 0.29) is 18.3 Å². The largest absolute Gasteiger partial charge is 0.490 e. The van der Waals surface area contributed by atoms with Crippen LogP contribution in [0.3, 0.4) is 0 Å². The first-order chi connectivity index (χ1) is 19.4. The van der Waals surface area contributed by atoms with Crippen LogP contribution in [0.5, 0.6) is 5.75 Å². The van der Waals surface area contributed by atoms with Crippen molar-refractivity contribution < 1.29 is 18.5 Å². The van der Waals surface area contributed by atoms with Crippen molar-refractivity contribution in [3.05, 3.63) is 94.6 Å². The summed E-state index contributed by atoms with van der Waals surface area (Å²) in [6.07, 6.45) is 4.81. The summed E-state index contributed by atoms with van der Waals surface area (Å²) in [6.45, 7) is 6.16. The van der Waals surface area contributed by atoms with E-state index in [0.717, 1.165) is 33.6 Å². The maximum Gasteiger partial charge on any atom is 0.306 e. The number of esters is 1. The van der Waals surface area contributed by atoms with Gasteiger partial charge in [-0.1, -0.05) is 30.3 Å². The molecule has 0 aromatic heterocycles. The van der Waals surface area contributed by atoms with Crippen molar-refractivity contribution in [3.8, 4) is 5.75 Å². The smallest absolute Gasteiger partial charge is 0.306 e. The van der Waals surface area contributed by atoms with Crippen LogP contribution in [0.25, 0.3) is 0 Å². The van der Waals surface area contributed by atoms with E-state index >= 15 is 0 Å². The van der Waals surface area contributed by atoms with Crippen LogP contribution in [-0.4, -0.2) is 40.8 Å². The number of nitrogen functional groups attached to an aromatic ring is 1. The molecule has 8 rings (SSSR count). The van der Waals surface area contributed by atoms with Gasteiger partial charge < -0.3 is 20.2 Å². The Morgan fingerprint density at radius 1 is 1.10 bits per heavy atom. The van der Waals surface area contributed by atoms with Gasteiger partial charge in [0.05, 0.1) is 35.8 Å². The van der Waals surface area contributed by atoms with E-state index in [4.69, 9.17) is 21.1 Å². The maximum absolute atomic E-state index is 13.5. The van der Waals surface area contributed by atoms with Gasteiger partial charge in [-0.05, 0) is 84.5 Å². The number of benzene rings is 3. The molecule has 5 aliphatic heterocycles. The molecule has 0 saturated heterocycles. The van der Waals surface area contributed by atoms with Crippen molar-refractivity contribution in [2.45, 2.75) is 44.0 Å². The van der Waals surface area contributed by atoms with Gasteiger partial charge in [0, 0.05) is 19.0 Å². The van der Waals surface area contributed by atoms with Gasteiger partial charge in [-0.15, -0.1) is 0 Å². The molecule has 7 bridgehead atoms. The highest BCUT2D eigenvalue weighted by atomic mass is 32.2. The molecule has 0 aliphatic carbocycles. The van der Waals surface area contributed by atoms with Gasteiger partial charge in [0.2, 0.25) is 0 Å². The Morgan fingerprint density at radius 3 is 2.67 bits per heavy atom. The third kappa shape index (κ3) is 5.91. The lowest BCUT2D eigenvalue weighted by Gasteiger charge is -2.29. The van der Waals surface area contributed by atoms with Crippen LogP contribution >= 0.6 is 0 Å². The van der Waals surface area contributed by atoms with E-state index in [2.05, 4.69) is 18.2 Å². The second-order valence-electron chi connectivity index (χ2n) is 10.1. The Balaban J connectivity index is 1.59. The molecule has 9 heteroatoms. The molecule has 3 atom stereocenters. The van der Waals surface area contributed by atoms with Gasteiger partial charge in [-0.3, -0.25) is 4.79 Å². The minimum absolute atomic E-state index is 0.184. The van der Waals surface area contributed by atoms with Gasteiger partial charge in [-0.25, -0.2) is 14.4 Å². The minimum atomic E-state index is -1.31. The fraction of sp³-hybridized carbons (Fsp3) is 0.323. The second kappa shape index (κ2) is 12.2. The molecule has 0 radical (unpaired) electrons. The first-order valence-corrected chi connectivity index (χ1v) is 14.7. The molecule has 210 valence electrons. The van der Waals surface area contributed by atoms with Crippen LogP contribution < -0.4 is 21.3 Å². The van der Waals surface area contributed by atoms with Crippen molar-refractivity contribution in [1.29, 1.82) is 0 Å². The molecular formula is C31H36N4O4S. The Bertz CT molecular complexity index is 1440. The quantitative estimate of drug-likeness (QED) is 0.212. The number of hydrogen-bond donors (Lipinski definition) is 2. The van der Waals surface area contributed by atoms with Gasteiger partial charge in [-0.2, -0.15) is 0 Å². The molecule has 5 aliphatic rings. The number of nitrogens with two attached hydrogens (primary N) is 2. The standard InChI is InChI=1S/C31H36N4O4S/c1-3-38-30(36)19-28-23-7-6-22-14-16-34(20-24(22)18-23)40(37)26-10-8-25(9-11-26)39-17-5-4-15-35(33)29-13-12-27(28)21(2)31(29)32/h4-13,18,28H,3,14-17,19-20,32-33H2,1-2H3/b5-4+.